The normalized spacial score (nSPS) is 12.7. The summed E-state index contributed by atoms with van der Waals surface area (Å²) in [6, 6.07) is 10.3. The van der Waals surface area contributed by atoms with Crippen molar-refractivity contribution in [3.63, 3.8) is 0 Å². The molecular formula is C20H40N2O. The van der Waals surface area contributed by atoms with E-state index in [1.165, 1.54) is 5.56 Å². The first-order valence-corrected chi connectivity index (χ1v) is 9.20. The van der Waals surface area contributed by atoms with Crippen LogP contribution < -0.4 is 11.1 Å². The van der Waals surface area contributed by atoms with E-state index in [-0.39, 0.29) is 14.7 Å². The number of unbranched alkanes of at least 4 members (excludes halogenated alkanes) is 2. The average Bonchev–Trinajstić information content (AvgIpc) is 2.61. The van der Waals surface area contributed by atoms with Crippen LogP contribution in [0.15, 0.2) is 30.3 Å². The number of hydrogen-bond donors (Lipinski definition) is 2. The van der Waals surface area contributed by atoms with E-state index < -0.39 is 0 Å². The number of nitrogens with one attached hydrogen (secondary N) is 1. The Morgan fingerprint density at radius 3 is 2.39 bits per heavy atom. The van der Waals surface area contributed by atoms with Gasteiger partial charge >= 0.3 is 0 Å². The molecule has 1 aromatic carbocycles. The summed E-state index contributed by atoms with van der Waals surface area (Å²) >= 11 is 0. The average molecular weight is 325 g/mol. The van der Waals surface area contributed by atoms with Gasteiger partial charge in [-0.05, 0) is 37.3 Å². The molecule has 2 atom stereocenters. The zero-order chi connectivity index (χ0) is 17.5. The molecule has 0 saturated heterocycles. The number of benzene rings is 1. The first-order chi connectivity index (χ1) is 11.2. The molecule has 0 bridgehead atoms. The summed E-state index contributed by atoms with van der Waals surface area (Å²) in [6.07, 6.45) is 4.99. The largest absolute Gasteiger partial charge is 0.356 e. The summed E-state index contributed by atoms with van der Waals surface area (Å²) in [7, 11) is 0. The van der Waals surface area contributed by atoms with Crippen LogP contribution in [0, 0.1) is 11.8 Å². The molecule has 3 heteroatoms. The maximum atomic E-state index is 12.4. The Labute approximate surface area is 146 Å². The summed E-state index contributed by atoms with van der Waals surface area (Å²) in [4.78, 5) is 12.4. The molecule has 1 rings (SSSR count). The van der Waals surface area contributed by atoms with Crippen LogP contribution in [0.25, 0.3) is 0 Å². The second-order valence-corrected chi connectivity index (χ2v) is 5.82. The van der Waals surface area contributed by atoms with Gasteiger partial charge in [-0.1, -0.05) is 70.9 Å². The lowest BCUT2D eigenvalue weighted by Crippen LogP contribution is -2.36. The topological polar surface area (TPSA) is 55.1 Å². The Bertz CT molecular complexity index is 402. The third-order valence-corrected chi connectivity index (χ3v) is 4.15. The van der Waals surface area contributed by atoms with Crippen molar-refractivity contribution in [2.45, 2.75) is 59.8 Å². The molecule has 0 spiro atoms. The van der Waals surface area contributed by atoms with Gasteiger partial charge in [0.1, 0.15) is 0 Å². The van der Waals surface area contributed by atoms with Crippen molar-refractivity contribution in [3.05, 3.63) is 35.9 Å². The summed E-state index contributed by atoms with van der Waals surface area (Å²) in [5.74, 6) is 0.655. The monoisotopic (exact) mass is 324 g/mol. The molecule has 1 unspecified atom stereocenters. The molecule has 136 valence electrons. The van der Waals surface area contributed by atoms with Gasteiger partial charge in [0.25, 0.3) is 0 Å². The van der Waals surface area contributed by atoms with Crippen molar-refractivity contribution < 1.29 is 7.65 Å². The Hall–Kier alpha value is -1.35. The van der Waals surface area contributed by atoms with Gasteiger partial charge in [0, 0.05) is 15.3 Å². The molecule has 0 aliphatic heterocycles. The van der Waals surface area contributed by atoms with Crippen LogP contribution in [0.4, 0.5) is 0 Å². The molecule has 0 aliphatic rings. The molecular weight excluding hydrogens is 284 g/mol. The lowest BCUT2D eigenvalue weighted by molar-refractivity contribution is -0.126. The summed E-state index contributed by atoms with van der Waals surface area (Å²) < 4.78 is 0. The zero-order valence-electron chi connectivity index (χ0n) is 15.5. The number of amides is 1. The van der Waals surface area contributed by atoms with Crippen LogP contribution in [0.5, 0.6) is 0 Å². The van der Waals surface area contributed by atoms with E-state index in [2.05, 4.69) is 31.3 Å². The predicted octanol–water partition coefficient (Wildman–Crippen LogP) is 4.65. The van der Waals surface area contributed by atoms with Crippen LogP contribution in [0.1, 0.15) is 61.8 Å². The molecule has 0 aliphatic carbocycles. The number of rotatable bonds is 10. The van der Waals surface area contributed by atoms with Crippen molar-refractivity contribution in [3.8, 4) is 0 Å². The van der Waals surface area contributed by atoms with Gasteiger partial charge in [-0.2, -0.15) is 0 Å². The molecule has 0 radical (unpaired) electrons. The minimum absolute atomic E-state index is 0. The lowest BCUT2D eigenvalue weighted by Gasteiger charge is -2.22. The van der Waals surface area contributed by atoms with E-state index in [1.54, 1.807) is 0 Å². The molecule has 3 nitrogen and oxygen atoms in total. The van der Waals surface area contributed by atoms with E-state index in [9.17, 15) is 4.79 Å². The molecule has 0 saturated carbocycles. The molecule has 1 aromatic rings. The van der Waals surface area contributed by atoms with Gasteiger partial charge in [0.05, 0.1) is 0 Å². The van der Waals surface area contributed by atoms with Gasteiger partial charge < -0.3 is 11.1 Å². The quantitative estimate of drug-likeness (QED) is 0.615. The lowest BCUT2D eigenvalue weighted by atomic mass is 9.85. The third-order valence-electron chi connectivity index (χ3n) is 4.15. The minimum atomic E-state index is 0. The van der Waals surface area contributed by atoms with E-state index >= 15 is 0 Å². The van der Waals surface area contributed by atoms with Gasteiger partial charge in [0.15, 0.2) is 0 Å². The highest BCUT2D eigenvalue weighted by molar-refractivity contribution is 5.79. The van der Waals surface area contributed by atoms with Crippen LogP contribution in [-0.2, 0) is 11.2 Å². The van der Waals surface area contributed by atoms with Crippen LogP contribution >= 0.6 is 0 Å². The van der Waals surface area contributed by atoms with Crippen LogP contribution in [0.3, 0.4) is 0 Å². The van der Waals surface area contributed by atoms with Crippen molar-refractivity contribution in [1.29, 1.82) is 0 Å². The van der Waals surface area contributed by atoms with Gasteiger partial charge in [-0.3, -0.25) is 4.79 Å². The first kappa shape index (κ1) is 21.6. The minimum Gasteiger partial charge on any atom is -0.356 e. The van der Waals surface area contributed by atoms with E-state index in [0.717, 1.165) is 45.2 Å². The predicted molar refractivity (Wildman–Crippen MR) is 105 cm³/mol. The molecule has 0 fully saturated rings. The summed E-state index contributed by atoms with van der Waals surface area (Å²) in [5, 5.41) is 3.10. The number of nitrogens with two attached hydrogens (primary N) is 1. The van der Waals surface area contributed by atoms with Crippen LogP contribution in [-0.4, -0.2) is 19.0 Å². The molecule has 0 aromatic heterocycles. The summed E-state index contributed by atoms with van der Waals surface area (Å²) in [5.41, 5.74) is 6.71. The zero-order valence-corrected chi connectivity index (χ0v) is 15.5. The molecule has 3 N–H and O–H groups in total. The van der Waals surface area contributed by atoms with Crippen molar-refractivity contribution in [1.82, 2.24) is 5.32 Å². The smallest absolute Gasteiger partial charge is 0.223 e. The Kier molecular flexibility index (Phi) is 13.4. The van der Waals surface area contributed by atoms with Crippen molar-refractivity contribution in [2.24, 2.45) is 17.6 Å². The first-order valence-electron chi connectivity index (χ1n) is 9.20. The van der Waals surface area contributed by atoms with Gasteiger partial charge in [-0.15, -0.1) is 0 Å². The van der Waals surface area contributed by atoms with Gasteiger partial charge in [-0.25, -0.2) is 0 Å². The Balaban J connectivity index is -0.00000116. The number of carbonyl (C=O) groups excluding carboxylic acids is 1. The molecule has 0 heterocycles. The van der Waals surface area contributed by atoms with Gasteiger partial charge in [0.2, 0.25) is 5.91 Å². The Morgan fingerprint density at radius 1 is 1.17 bits per heavy atom. The second-order valence-electron chi connectivity index (χ2n) is 5.82. The SMILES string of the molecule is CC.CCC(C)[C@@H](Cc1ccccc1)C(=O)NCCCCCN.[HH].[HH]. The maximum absolute atomic E-state index is 12.4. The number of hydrogen-bond acceptors (Lipinski definition) is 2. The standard InChI is InChI=1S/C18H30N2O.C2H6.2H2/c1-3-15(2)17(14-16-10-6-4-7-11-16)18(21)20-13-9-5-8-12-19;1-2;;/h4,6-7,10-11,15,17H,3,5,8-9,12-14,19H2,1-2H3,(H,20,21);1-2H3;2*1H/t15?,17-;;;/m1.../s1. The van der Waals surface area contributed by atoms with E-state index in [1.807, 2.05) is 32.0 Å². The third kappa shape index (κ3) is 9.39. The highest BCUT2D eigenvalue weighted by atomic mass is 16.1. The van der Waals surface area contributed by atoms with Crippen LogP contribution in [0.2, 0.25) is 0 Å². The fourth-order valence-corrected chi connectivity index (χ4v) is 2.49. The highest BCUT2D eigenvalue weighted by Crippen LogP contribution is 2.20. The Morgan fingerprint density at radius 2 is 1.83 bits per heavy atom. The highest BCUT2D eigenvalue weighted by Gasteiger charge is 2.23. The van der Waals surface area contributed by atoms with Crippen molar-refractivity contribution in [2.75, 3.05) is 13.1 Å². The fourth-order valence-electron chi connectivity index (χ4n) is 2.49. The molecule has 23 heavy (non-hydrogen) atoms. The maximum Gasteiger partial charge on any atom is 0.223 e. The number of carbonyl (C=O) groups is 1. The van der Waals surface area contributed by atoms with Crippen molar-refractivity contribution >= 4 is 5.91 Å². The van der Waals surface area contributed by atoms with E-state index in [0.29, 0.717) is 5.92 Å². The van der Waals surface area contributed by atoms with E-state index in [4.69, 9.17) is 5.73 Å². The fraction of sp³-hybridized carbons (Fsp3) is 0.650. The summed E-state index contributed by atoms with van der Waals surface area (Å²) in [6.45, 7) is 9.82. The second kappa shape index (κ2) is 14.3. The molecule has 1 amide bonds.